The van der Waals surface area contributed by atoms with Crippen molar-refractivity contribution in [3.05, 3.63) is 35.9 Å². The monoisotopic (exact) mass is 445 g/mol. The van der Waals surface area contributed by atoms with Gasteiger partial charge in [-0.25, -0.2) is 4.79 Å². The Hall–Kier alpha value is -2.12. The van der Waals surface area contributed by atoms with Gasteiger partial charge < -0.3 is 25.0 Å². The highest BCUT2D eigenvalue weighted by atomic mass is 16.5. The van der Waals surface area contributed by atoms with E-state index in [0.717, 1.165) is 24.8 Å². The third-order valence-corrected chi connectivity index (χ3v) is 7.28. The average Bonchev–Trinajstić information content (AvgIpc) is 3.16. The van der Waals surface area contributed by atoms with E-state index < -0.39 is 18.2 Å². The SMILES string of the molecule is CCC(O)[C@@H]1C[C@H](N(C)C(C)C)CC[C@@H]1N1CC[C@H](NC(=O)OCc2ccccc2)C1=O. The molecule has 1 aliphatic heterocycles. The van der Waals surface area contributed by atoms with E-state index in [0.29, 0.717) is 31.5 Å². The van der Waals surface area contributed by atoms with E-state index in [2.05, 4.69) is 31.1 Å². The molecule has 1 aromatic rings. The fourth-order valence-corrected chi connectivity index (χ4v) is 5.13. The predicted molar refractivity (Wildman–Crippen MR) is 124 cm³/mol. The van der Waals surface area contributed by atoms with E-state index >= 15 is 0 Å². The number of benzene rings is 1. The standard InChI is InChI=1S/C25H39N3O4/c1-5-23(29)20-15-19(27(4)17(2)3)11-12-22(20)28-14-13-21(24(28)30)26-25(31)32-16-18-9-7-6-8-10-18/h6-10,17,19-23,29H,5,11-16H2,1-4H3,(H,26,31)/t19-,20-,21+,22+,23?/m1/s1. The number of aliphatic hydroxyl groups excluding tert-OH is 1. The number of nitrogens with zero attached hydrogens (tertiary/aromatic N) is 2. The summed E-state index contributed by atoms with van der Waals surface area (Å²) in [6.07, 6.45) is 3.01. The smallest absolute Gasteiger partial charge is 0.408 e. The van der Waals surface area contributed by atoms with Crippen LogP contribution >= 0.6 is 0 Å². The summed E-state index contributed by atoms with van der Waals surface area (Å²) in [6, 6.07) is 9.79. The molecule has 7 heteroatoms. The summed E-state index contributed by atoms with van der Waals surface area (Å²) in [6.45, 7) is 7.15. The van der Waals surface area contributed by atoms with E-state index in [4.69, 9.17) is 4.74 Å². The van der Waals surface area contributed by atoms with Gasteiger partial charge in [-0.3, -0.25) is 4.79 Å². The van der Waals surface area contributed by atoms with E-state index in [1.165, 1.54) is 0 Å². The molecule has 1 aromatic carbocycles. The maximum atomic E-state index is 13.2. The van der Waals surface area contributed by atoms with Crippen LogP contribution in [0.3, 0.4) is 0 Å². The van der Waals surface area contributed by atoms with Crippen LogP contribution in [0, 0.1) is 5.92 Å². The summed E-state index contributed by atoms with van der Waals surface area (Å²) in [4.78, 5) is 29.7. The topological polar surface area (TPSA) is 82.1 Å². The van der Waals surface area contributed by atoms with Gasteiger partial charge in [0.15, 0.2) is 0 Å². The summed E-state index contributed by atoms with van der Waals surface area (Å²) < 4.78 is 5.29. The molecule has 1 aliphatic carbocycles. The first-order valence-corrected chi connectivity index (χ1v) is 12.0. The number of nitrogens with one attached hydrogen (secondary N) is 1. The first-order chi connectivity index (χ1) is 15.3. The zero-order valence-electron chi connectivity index (χ0n) is 19.9. The quantitative estimate of drug-likeness (QED) is 0.642. The lowest BCUT2D eigenvalue weighted by molar-refractivity contribution is -0.135. The van der Waals surface area contributed by atoms with Crippen molar-refractivity contribution < 1.29 is 19.4 Å². The van der Waals surface area contributed by atoms with Crippen LogP contribution in [0.1, 0.15) is 58.4 Å². The number of amides is 2. The van der Waals surface area contributed by atoms with Crippen molar-refractivity contribution >= 4 is 12.0 Å². The van der Waals surface area contributed by atoms with E-state index in [1.807, 2.05) is 42.2 Å². The van der Waals surface area contributed by atoms with Crippen molar-refractivity contribution in [2.24, 2.45) is 5.92 Å². The third kappa shape index (κ3) is 5.81. The van der Waals surface area contributed by atoms with Gasteiger partial charge in [0.1, 0.15) is 12.6 Å². The number of carbonyl (C=O) groups is 2. The first kappa shape index (κ1) is 24.5. The second kappa shape index (κ2) is 11.1. The Morgan fingerprint density at radius 2 is 1.97 bits per heavy atom. The molecule has 2 amide bonds. The van der Waals surface area contributed by atoms with Gasteiger partial charge >= 0.3 is 6.09 Å². The molecule has 0 aromatic heterocycles. The first-order valence-electron chi connectivity index (χ1n) is 12.0. The second-order valence-corrected chi connectivity index (χ2v) is 9.51. The number of rotatable bonds is 8. The molecule has 2 N–H and O–H groups in total. The molecular formula is C25H39N3O4. The number of hydrogen-bond acceptors (Lipinski definition) is 5. The van der Waals surface area contributed by atoms with Crippen LogP contribution in [0.2, 0.25) is 0 Å². The van der Waals surface area contributed by atoms with E-state index in [1.54, 1.807) is 0 Å². The number of alkyl carbamates (subject to hydrolysis) is 1. The van der Waals surface area contributed by atoms with Crippen LogP contribution < -0.4 is 5.32 Å². The lowest BCUT2D eigenvalue weighted by atomic mass is 9.76. The lowest BCUT2D eigenvalue weighted by Gasteiger charge is -2.46. The summed E-state index contributed by atoms with van der Waals surface area (Å²) in [5.41, 5.74) is 0.904. The molecule has 7 nitrogen and oxygen atoms in total. The molecule has 0 radical (unpaired) electrons. The Labute approximate surface area is 192 Å². The summed E-state index contributed by atoms with van der Waals surface area (Å²) >= 11 is 0. The molecule has 2 aliphatic rings. The minimum atomic E-state index is -0.568. The minimum absolute atomic E-state index is 0.0152. The molecule has 1 saturated heterocycles. The summed E-state index contributed by atoms with van der Waals surface area (Å²) in [5.74, 6) is -0.0108. The molecule has 1 saturated carbocycles. The van der Waals surface area contributed by atoms with Gasteiger partial charge in [-0.1, -0.05) is 37.3 Å². The summed E-state index contributed by atoms with van der Waals surface area (Å²) in [5, 5.41) is 13.5. The van der Waals surface area contributed by atoms with Crippen molar-refractivity contribution in [3.63, 3.8) is 0 Å². The molecule has 0 bridgehead atoms. The van der Waals surface area contributed by atoms with Gasteiger partial charge in [-0.05, 0) is 58.6 Å². The van der Waals surface area contributed by atoms with Crippen LogP contribution in [0.15, 0.2) is 30.3 Å². The maximum Gasteiger partial charge on any atom is 0.408 e. The van der Waals surface area contributed by atoms with Gasteiger partial charge in [0.05, 0.1) is 6.10 Å². The number of aliphatic hydroxyl groups is 1. The molecule has 0 spiro atoms. The van der Waals surface area contributed by atoms with Crippen LogP contribution in [-0.4, -0.2) is 70.8 Å². The number of likely N-dealkylation sites (tertiary alicyclic amines) is 1. The zero-order valence-corrected chi connectivity index (χ0v) is 19.9. The Kier molecular flexibility index (Phi) is 8.54. The molecule has 1 heterocycles. The van der Waals surface area contributed by atoms with Gasteiger partial charge in [-0.15, -0.1) is 0 Å². The molecule has 5 atom stereocenters. The lowest BCUT2D eigenvalue weighted by Crippen LogP contribution is -2.54. The van der Waals surface area contributed by atoms with Gasteiger partial charge in [0.2, 0.25) is 5.91 Å². The molecule has 3 rings (SSSR count). The second-order valence-electron chi connectivity index (χ2n) is 9.51. The fraction of sp³-hybridized carbons (Fsp3) is 0.680. The normalized spacial score (nSPS) is 27.1. The number of ether oxygens (including phenoxy) is 1. The van der Waals surface area contributed by atoms with Crippen LogP contribution in [0.5, 0.6) is 0 Å². The molecule has 32 heavy (non-hydrogen) atoms. The average molecular weight is 446 g/mol. The maximum absolute atomic E-state index is 13.2. The Bertz CT molecular complexity index is 757. The van der Waals surface area contributed by atoms with Gasteiger partial charge in [0.25, 0.3) is 0 Å². The van der Waals surface area contributed by atoms with Crippen LogP contribution in [0.4, 0.5) is 4.79 Å². The Morgan fingerprint density at radius 3 is 2.62 bits per heavy atom. The largest absolute Gasteiger partial charge is 0.445 e. The highest BCUT2D eigenvalue weighted by molar-refractivity contribution is 5.87. The van der Waals surface area contributed by atoms with Crippen molar-refractivity contribution in [1.82, 2.24) is 15.1 Å². The van der Waals surface area contributed by atoms with Crippen LogP contribution in [-0.2, 0) is 16.1 Å². The van der Waals surface area contributed by atoms with Gasteiger partial charge in [0, 0.05) is 30.6 Å². The van der Waals surface area contributed by atoms with Crippen molar-refractivity contribution in [2.45, 2.75) is 89.8 Å². The number of hydrogen-bond donors (Lipinski definition) is 2. The fourth-order valence-electron chi connectivity index (χ4n) is 5.13. The Balaban J connectivity index is 1.58. The Morgan fingerprint density at radius 1 is 1.25 bits per heavy atom. The van der Waals surface area contributed by atoms with Crippen molar-refractivity contribution in [1.29, 1.82) is 0 Å². The molecule has 1 unspecified atom stereocenters. The van der Waals surface area contributed by atoms with Crippen molar-refractivity contribution in [3.8, 4) is 0 Å². The van der Waals surface area contributed by atoms with Crippen LogP contribution in [0.25, 0.3) is 0 Å². The molecular weight excluding hydrogens is 406 g/mol. The molecule has 2 fully saturated rings. The highest BCUT2D eigenvalue weighted by Gasteiger charge is 2.44. The summed E-state index contributed by atoms with van der Waals surface area (Å²) in [7, 11) is 2.15. The predicted octanol–water partition coefficient (Wildman–Crippen LogP) is 3.16. The van der Waals surface area contributed by atoms with Crippen molar-refractivity contribution in [2.75, 3.05) is 13.6 Å². The van der Waals surface area contributed by atoms with Gasteiger partial charge in [-0.2, -0.15) is 0 Å². The zero-order chi connectivity index (χ0) is 23.3. The molecule has 178 valence electrons. The highest BCUT2D eigenvalue weighted by Crippen LogP contribution is 2.36. The number of carbonyl (C=O) groups excluding carboxylic acids is 2. The van der Waals surface area contributed by atoms with E-state index in [9.17, 15) is 14.7 Å². The third-order valence-electron chi connectivity index (χ3n) is 7.28. The van der Waals surface area contributed by atoms with E-state index in [-0.39, 0.29) is 24.5 Å². The minimum Gasteiger partial charge on any atom is -0.445 e.